The molecule has 0 spiro atoms. The van der Waals surface area contributed by atoms with E-state index in [1.165, 1.54) is 11.8 Å². The first-order chi connectivity index (χ1) is 9.49. The summed E-state index contributed by atoms with van der Waals surface area (Å²) in [6.07, 6.45) is 1.36. The number of carboxylic acids is 1. The van der Waals surface area contributed by atoms with E-state index in [-0.39, 0.29) is 5.56 Å². The van der Waals surface area contributed by atoms with Gasteiger partial charge in [0.25, 0.3) is 0 Å². The van der Waals surface area contributed by atoms with Gasteiger partial charge in [-0.25, -0.2) is 9.78 Å². The molecule has 20 heavy (non-hydrogen) atoms. The lowest BCUT2D eigenvalue weighted by molar-refractivity contribution is 0.0696. The van der Waals surface area contributed by atoms with E-state index in [4.69, 9.17) is 5.11 Å². The number of nitrogens with one attached hydrogen (secondary N) is 1. The maximum Gasteiger partial charge on any atom is 0.337 e. The standard InChI is InChI=1S/C16H18N2O2/c1-10(2)13-6-4-5-11(3)15(13)18-14-8-7-12(9-17-14)16(19)20/h4-10H,1-3H3,(H,17,18)(H,19,20). The second kappa shape index (κ2) is 5.74. The average molecular weight is 270 g/mol. The highest BCUT2D eigenvalue weighted by molar-refractivity contribution is 5.87. The Labute approximate surface area is 118 Å². The monoisotopic (exact) mass is 270 g/mol. The third-order valence-electron chi connectivity index (χ3n) is 3.19. The Morgan fingerprint density at radius 2 is 2.00 bits per heavy atom. The fourth-order valence-corrected chi connectivity index (χ4v) is 2.06. The Kier molecular flexibility index (Phi) is 4.03. The minimum atomic E-state index is -0.970. The van der Waals surface area contributed by atoms with E-state index in [0.29, 0.717) is 11.7 Å². The first-order valence-corrected chi connectivity index (χ1v) is 6.55. The molecule has 0 aliphatic rings. The number of carboxylic acid groups (broad SMARTS) is 1. The summed E-state index contributed by atoms with van der Waals surface area (Å²) in [5.74, 6) is 0.0738. The lowest BCUT2D eigenvalue weighted by atomic mass is 9.98. The number of aryl methyl sites for hydroxylation is 1. The molecule has 0 saturated carbocycles. The molecule has 4 nitrogen and oxygen atoms in total. The number of hydrogen-bond acceptors (Lipinski definition) is 3. The topological polar surface area (TPSA) is 62.2 Å². The molecule has 0 unspecified atom stereocenters. The predicted octanol–water partition coefficient (Wildman–Crippen LogP) is 3.96. The summed E-state index contributed by atoms with van der Waals surface area (Å²) in [4.78, 5) is 15.0. The number of hydrogen-bond donors (Lipinski definition) is 2. The maximum absolute atomic E-state index is 10.8. The third-order valence-corrected chi connectivity index (χ3v) is 3.19. The molecule has 104 valence electrons. The molecule has 0 saturated heterocycles. The van der Waals surface area contributed by atoms with Crippen LogP contribution in [0.25, 0.3) is 0 Å². The van der Waals surface area contributed by atoms with Crippen molar-refractivity contribution in [3.63, 3.8) is 0 Å². The molecule has 0 aliphatic heterocycles. The van der Waals surface area contributed by atoms with Crippen molar-refractivity contribution in [3.8, 4) is 0 Å². The van der Waals surface area contributed by atoms with Gasteiger partial charge in [-0.15, -0.1) is 0 Å². The quantitative estimate of drug-likeness (QED) is 0.882. The van der Waals surface area contributed by atoms with Crippen LogP contribution < -0.4 is 5.32 Å². The van der Waals surface area contributed by atoms with E-state index in [1.807, 2.05) is 19.1 Å². The van der Waals surface area contributed by atoms with Crippen LogP contribution in [0.1, 0.15) is 41.3 Å². The van der Waals surface area contributed by atoms with Gasteiger partial charge in [-0.1, -0.05) is 32.0 Å². The fraction of sp³-hybridized carbons (Fsp3) is 0.250. The van der Waals surface area contributed by atoms with E-state index in [0.717, 1.165) is 11.3 Å². The largest absolute Gasteiger partial charge is 0.478 e. The molecule has 0 amide bonds. The molecule has 1 aromatic heterocycles. The zero-order valence-electron chi connectivity index (χ0n) is 11.8. The number of rotatable bonds is 4. The Morgan fingerprint density at radius 3 is 2.55 bits per heavy atom. The van der Waals surface area contributed by atoms with Crippen molar-refractivity contribution >= 4 is 17.5 Å². The van der Waals surface area contributed by atoms with Gasteiger partial charge in [0.15, 0.2) is 0 Å². The number of benzene rings is 1. The average Bonchev–Trinajstić information content (AvgIpc) is 2.41. The van der Waals surface area contributed by atoms with E-state index in [2.05, 4.69) is 30.2 Å². The van der Waals surface area contributed by atoms with Crippen LogP contribution in [-0.4, -0.2) is 16.1 Å². The molecule has 0 radical (unpaired) electrons. The van der Waals surface area contributed by atoms with E-state index >= 15 is 0 Å². The van der Waals surface area contributed by atoms with Crippen LogP contribution in [-0.2, 0) is 0 Å². The lowest BCUT2D eigenvalue weighted by Gasteiger charge is -2.16. The van der Waals surface area contributed by atoms with Crippen molar-refractivity contribution in [2.45, 2.75) is 26.7 Å². The molecule has 0 atom stereocenters. The van der Waals surface area contributed by atoms with Gasteiger partial charge >= 0.3 is 5.97 Å². The highest BCUT2D eigenvalue weighted by Crippen LogP contribution is 2.29. The van der Waals surface area contributed by atoms with Crippen molar-refractivity contribution in [3.05, 3.63) is 53.2 Å². The van der Waals surface area contributed by atoms with Crippen molar-refractivity contribution in [2.24, 2.45) is 0 Å². The second-order valence-corrected chi connectivity index (χ2v) is 5.06. The number of aromatic carboxylic acids is 1. The van der Waals surface area contributed by atoms with Crippen LogP contribution in [0.4, 0.5) is 11.5 Å². The Morgan fingerprint density at radius 1 is 1.25 bits per heavy atom. The molecule has 2 aromatic rings. The van der Waals surface area contributed by atoms with Crippen LogP contribution in [0.15, 0.2) is 36.5 Å². The Bertz CT molecular complexity index is 619. The number of carbonyl (C=O) groups is 1. The number of anilines is 2. The predicted molar refractivity (Wildman–Crippen MR) is 79.7 cm³/mol. The van der Waals surface area contributed by atoms with E-state index in [1.54, 1.807) is 12.1 Å². The zero-order chi connectivity index (χ0) is 14.7. The van der Waals surface area contributed by atoms with Gasteiger partial charge in [0, 0.05) is 11.9 Å². The number of pyridine rings is 1. The van der Waals surface area contributed by atoms with E-state index < -0.39 is 5.97 Å². The van der Waals surface area contributed by atoms with Crippen molar-refractivity contribution in [1.29, 1.82) is 0 Å². The van der Waals surface area contributed by atoms with Gasteiger partial charge in [-0.2, -0.15) is 0 Å². The molecular weight excluding hydrogens is 252 g/mol. The molecule has 2 rings (SSSR count). The van der Waals surface area contributed by atoms with Crippen molar-refractivity contribution < 1.29 is 9.90 Å². The lowest BCUT2D eigenvalue weighted by Crippen LogP contribution is -2.03. The maximum atomic E-state index is 10.8. The van der Waals surface area contributed by atoms with Gasteiger partial charge in [0.1, 0.15) is 5.82 Å². The molecule has 0 aliphatic carbocycles. The zero-order valence-corrected chi connectivity index (χ0v) is 11.8. The Hall–Kier alpha value is -2.36. The van der Waals surface area contributed by atoms with Crippen LogP contribution >= 0.6 is 0 Å². The summed E-state index contributed by atoms with van der Waals surface area (Å²) < 4.78 is 0. The number of aromatic nitrogens is 1. The number of para-hydroxylation sites is 1. The Balaban J connectivity index is 2.32. The normalized spacial score (nSPS) is 10.6. The number of nitrogens with zero attached hydrogens (tertiary/aromatic N) is 1. The summed E-state index contributed by atoms with van der Waals surface area (Å²) in [7, 11) is 0. The minimum absolute atomic E-state index is 0.185. The molecule has 1 aromatic carbocycles. The highest BCUT2D eigenvalue weighted by atomic mass is 16.4. The van der Waals surface area contributed by atoms with Crippen molar-refractivity contribution in [2.75, 3.05) is 5.32 Å². The van der Waals surface area contributed by atoms with Gasteiger partial charge in [-0.05, 0) is 36.1 Å². The summed E-state index contributed by atoms with van der Waals surface area (Å²) in [6.45, 7) is 6.32. The fourth-order valence-electron chi connectivity index (χ4n) is 2.06. The first kappa shape index (κ1) is 14.1. The highest BCUT2D eigenvalue weighted by Gasteiger charge is 2.10. The van der Waals surface area contributed by atoms with Gasteiger partial charge in [-0.3, -0.25) is 0 Å². The van der Waals surface area contributed by atoms with Crippen LogP contribution in [0, 0.1) is 6.92 Å². The van der Waals surface area contributed by atoms with Gasteiger partial charge < -0.3 is 10.4 Å². The molecule has 0 fully saturated rings. The molecular formula is C16H18N2O2. The third kappa shape index (κ3) is 2.96. The molecule has 1 heterocycles. The van der Waals surface area contributed by atoms with Crippen LogP contribution in [0.3, 0.4) is 0 Å². The second-order valence-electron chi connectivity index (χ2n) is 5.06. The van der Waals surface area contributed by atoms with Crippen LogP contribution in [0.5, 0.6) is 0 Å². The van der Waals surface area contributed by atoms with Gasteiger partial charge in [0.05, 0.1) is 5.56 Å². The smallest absolute Gasteiger partial charge is 0.337 e. The molecule has 2 N–H and O–H groups in total. The SMILES string of the molecule is Cc1cccc(C(C)C)c1Nc1ccc(C(=O)O)cn1. The summed E-state index contributed by atoms with van der Waals surface area (Å²) in [6, 6.07) is 9.40. The van der Waals surface area contributed by atoms with Crippen LogP contribution in [0.2, 0.25) is 0 Å². The summed E-state index contributed by atoms with van der Waals surface area (Å²) in [5.41, 5.74) is 3.58. The first-order valence-electron chi connectivity index (χ1n) is 6.55. The minimum Gasteiger partial charge on any atom is -0.478 e. The summed E-state index contributed by atoms with van der Waals surface area (Å²) in [5, 5.41) is 12.2. The van der Waals surface area contributed by atoms with E-state index in [9.17, 15) is 4.79 Å². The van der Waals surface area contributed by atoms with Crippen molar-refractivity contribution in [1.82, 2.24) is 4.98 Å². The molecule has 0 bridgehead atoms. The molecule has 4 heteroatoms. The summed E-state index contributed by atoms with van der Waals surface area (Å²) >= 11 is 0. The van der Waals surface area contributed by atoms with Gasteiger partial charge in [0.2, 0.25) is 0 Å².